The molecule has 0 bridgehead atoms. The van der Waals surface area contributed by atoms with E-state index in [1.807, 2.05) is 6.07 Å². The van der Waals surface area contributed by atoms with Gasteiger partial charge < -0.3 is 11.1 Å². The summed E-state index contributed by atoms with van der Waals surface area (Å²) in [5.74, 6) is 0.470. The molecule has 0 aliphatic rings. The molecule has 3 N–H and O–H groups in total. The first-order valence-electron chi connectivity index (χ1n) is 5.56. The molecule has 0 atom stereocenters. The molecule has 0 aliphatic carbocycles. The fourth-order valence-corrected chi connectivity index (χ4v) is 1.24. The Hall–Kier alpha value is -1.42. The number of amides is 1. The predicted octanol–water partition coefficient (Wildman–Crippen LogP) is 1.32. The molecule has 4 nitrogen and oxygen atoms in total. The minimum absolute atomic E-state index is 0.121. The average molecular weight is 221 g/mol. The summed E-state index contributed by atoms with van der Waals surface area (Å²) in [6, 6.07) is 3.53. The van der Waals surface area contributed by atoms with E-state index in [1.54, 1.807) is 12.3 Å². The maximum atomic E-state index is 11.6. The van der Waals surface area contributed by atoms with E-state index in [0.29, 0.717) is 24.7 Å². The summed E-state index contributed by atoms with van der Waals surface area (Å²) in [4.78, 5) is 15.7. The SMILES string of the molecule is CC(C)CCNC(=O)c1ccc(CN)cn1. The van der Waals surface area contributed by atoms with Gasteiger partial charge in [-0.2, -0.15) is 0 Å². The number of carbonyl (C=O) groups excluding carboxylic acids is 1. The number of pyridine rings is 1. The van der Waals surface area contributed by atoms with E-state index < -0.39 is 0 Å². The quantitative estimate of drug-likeness (QED) is 0.788. The van der Waals surface area contributed by atoms with Crippen molar-refractivity contribution < 1.29 is 4.79 Å². The Labute approximate surface area is 96.3 Å². The van der Waals surface area contributed by atoms with E-state index in [1.165, 1.54) is 0 Å². The molecule has 0 saturated heterocycles. The first kappa shape index (κ1) is 12.6. The van der Waals surface area contributed by atoms with Crippen LogP contribution in [-0.4, -0.2) is 17.4 Å². The van der Waals surface area contributed by atoms with Gasteiger partial charge in [-0.1, -0.05) is 19.9 Å². The lowest BCUT2D eigenvalue weighted by Gasteiger charge is -2.06. The van der Waals surface area contributed by atoms with Crippen LogP contribution >= 0.6 is 0 Å². The molecule has 1 amide bonds. The molecular weight excluding hydrogens is 202 g/mol. The number of nitrogens with two attached hydrogens (primary N) is 1. The lowest BCUT2D eigenvalue weighted by Crippen LogP contribution is -2.26. The highest BCUT2D eigenvalue weighted by molar-refractivity contribution is 5.92. The maximum absolute atomic E-state index is 11.6. The summed E-state index contributed by atoms with van der Waals surface area (Å²) < 4.78 is 0. The molecule has 0 aliphatic heterocycles. The van der Waals surface area contributed by atoms with Crippen molar-refractivity contribution in [3.63, 3.8) is 0 Å². The van der Waals surface area contributed by atoms with Crippen molar-refractivity contribution in [2.45, 2.75) is 26.8 Å². The van der Waals surface area contributed by atoms with Gasteiger partial charge in [0.15, 0.2) is 0 Å². The Kier molecular flexibility index (Phi) is 4.92. The van der Waals surface area contributed by atoms with E-state index in [0.717, 1.165) is 12.0 Å². The minimum atomic E-state index is -0.121. The number of nitrogens with one attached hydrogen (secondary N) is 1. The lowest BCUT2D eigenvalue weighted by atomic mass is 10.1. The molecule has 0 saturated carbocycles. The Morgan fingerprint density at radius 1 is 1.50 bits per heavy atom. The predicted molar refractivity (Wildman–Crippen MR) is 63.9 cm³/mol. The third-order valence-electron chi connectivity index (χ3n) is 2.30. The van der Waals surface area contributed by atoms with Gasteiger partial charge >= 0.3 is 0 Å². The number of carbonyl (C=O) groups is 1. The number of hydrogen-bond acceptors (Lipinski definition) is 3. The molecule has 1 aromatic rings. The lowest BCUT2D eigenvalue weighted by molar-refractivity contribution is 0.0947. The van der Waals surface area contributed by atoms with E-state index in [9.17, 15) is 4.79 Å². The van der Waals surface area contributed by atoms with Crippen molar-refractivity contribution in [2.24, 2.45) is 11.7 Å². The molecule has 4 heteroatoms. The van der Waals surface area contributed by atoms with Crippen LogP contribution in [0.4, 0.5) is 0 Å². The summed E-state index contributed by atoms with van der Waals surface area (Å²) >= 11 is 0. The van der Waals surface area contributed by atoms with Gasteiger partial charge in [0.1, 0.15) is 5.69 Å². The molecule has 0 fully saturated rings. The number of hydrogen-bond donors (Lipinski definition) is 2. The monoisotopic (exact) mass is 221 g/mol. The highest BCUT2D eigenvalue weighted by Gasteiger charge is 2.06. The van der Waals surface area contributed by atoms with Crippen LogP contribution in [-0.2, 0) is 6.54 Å². The van der Waals surface area contributed by atoms with Crippen LogP contribution in [0.1, 0.15) is 36.3 Å². The van der Waals surface area contributed by atoms with Gasteiger partial charge in [-0.15, -0.1) is 0 Å². The van der Waals surface area contributed by atoms with Crippen molar-refractivity contribution >= 4 is 5.91 Å². The number of rotatable bonds is 5. The standard InChI is InChI=1S/C12H19N3O/c1-9(2)5-6-14-12(16)11-4-3-10(7-13)8-15-11/h3-4,8-9H,5-7,13H2,1-2H3,(H,14,16). The van der Waals surface area contributed by atoms with Gasteiger partial charge in [-0.3, -0.25) is 9.78 Å². The van der Waals surface area contributed by atoms with E-state index in [4.69, 9.17) is 5.73 Å². The molecule has 0 unspecified atom stereocenters. The van der Waals surface area contributed by atoms with E-state index >= 15 is 0 Å². The highest BCUT2D eigenvalue weighted by Crippen LogP contribution is 2.00. The molecule has 0 spiro atoms. The topological polar surface area (TPSA) is 68.0 Å². The van der Waals surface area contributed by atoms with Crippen molar-refractivity contribution in [3.05, 3.63) is 29.6 Å². The minimum Gasteiger partial charge on any atom is -0.351 e. The van der Waals surface area contributed by atoms with Gasteiger partial charge in [0.25, 0.3) is 5.91 Å². The summed E-state index contributed by atoms with van der Waals surface area (Å²) in [7, 11) is 0. The first-order valence-corrected chi connectivity index (χ1v) is 5.56. The molecule has 88 valence electrons. The molecule has 1 rings (SSSR count). The molecular formula is C12H19N3O. The van der Waals surface area contributed by atoms with Crippen LogP contribution in [0, 0.1) is 5.92 Å². The van der Waals surface area contributed by atoms with Gasteiger partial charge in [0, 0.05) is 19.3 Å². The summed E-state index contributed by atoms with van der Waals surface area (Å²) in [5, 5.41) is 2.84. The van der Waals surface area contributed by atoms with Crippen LogP contribution in [0.15, 0.2) is 18.3 Å². The van der Waals surface area contributed by atoms with Crippen LogP contribution < -0.4 is 11.1 Å². The summed E-state index contributed by atoms with van der Waals surface area (Å²) in [6.07, 6.45) is 2.62. The molecule has 1 heterocycles. The number of nitrogens with zero attached hydrogens (tertiary/aromatic N) is 1. The second-order valence-electron chi connectivity index (χ2n) is 4.19. The van der Waals surface area contributed by atoms with E-state index in [2.05, 4.69) is 24.1 Å². The largest absolute Gasteiger partial charge is 0.351 e. The fraction of sp³-hybridized carbons (Fsp3) is 0.500. The Morgan fingerprint density at radius 3 is 2.75 bits per heavy atom. The zero-order chi connectivity index (χ0) is 12.0. The Bertz CT molecular complexity index is 333. The van der Waals surface area contributed by atoms with Crippen LogP contribution in [0.2, 0.25) is 0 Å². The average Bonchev–Trinajstić information content (AvgIpc) is 2.28. The smallest absolute Gasteiger partial charge is 0.269 e. The van der Waals surface area contributed by atoms with Gasteiger partial charge in [-0.05, 0) is 24.0 Å². The van der Waals surface area contributed by atoms with Gasteiger partial charge in [0.05, 0.1) is 0 Å². The third-order valence-corrected chi connectivity index (χ3v) is 2.30. The molecule has 1 aromatic heterocycles. The molecule has 0 aromatic carbocycles. The van der Waals surface area contributed by atoms with Crippen molar-refractivity contribution in [1.82, 2.24) is 10.3 Å². The zero-order valence-electron chi connectivity index (χ0n) is 9.86. The summed E-state index contributed by atoms with van der Waals surface area (Å²) in [6.45, 7) is 5.39. The van der Waals surface area contributed by atoms with Crippen molar-refractivity contribution in [1.29, 1.82) is 0 Å². The van der Waals surface area contributed by atoms with Crippen LogP contribution in [0.3, 0.4) is 0 Å². The summed E-state index contributed by atoms with van der Waals surface area (Å²) in [5.41, 5.74) is 6.82. The second-order valence-corrected chi connectivity index (χ2v) is 4.19. The van der Waals surface area contributed by atoms with Gasteiger partial charge in [-0.25, -0.2) is 0 Å². The fourth-order valence-electron chi connectivity index (χ4n) is 1.24. The Morgan fingerprint density at radius 2 is 2.25 bits per heavy atom. The first-order chi connectivity index (χ1) is 7.63. The number of aromatic nitrogens is 1. The van der Waals surface area contributed by atoms with Crippen molar-refractivity contribution in [3.8, 4) is 0 Å². The zero-order valence-corrected chi connectivity index (χ0v) is 9.86. The maximum Gasteiger partial charge on any atom is 0.269 e. The normalized spacial score (nSPS) is 10.5. The molecule has 16 heavy (non-hydrogen) atoms. The third kappa shape index (κ3) is 3.98. The van der Waals surface area contributed by atoms with E-state index in [-0.39, 0.29) is 5.91 Å². The Balaban J connectivity index is 2.46. The van der Waals surface area contributed by atoms with Gasteiger partial charge in [0.2, 0.25) is 0 Å². The van der Waals surface area contributed by atoms with Crippen molar-refractivity contribution in [2.75, 3.05) is 6.54 Å². The van der Waals surface area contributed by atoms with Crippen LogP contribution in [0.25, 0.3) is 0 Å². The molecule has 0 radical (unpaired) electrons. The second kappa shape index (κ2) is 6.23. The van der Waals surface area contributed by atoms with Crippen LogP contribution in [0.5, 0.6) is 0 Å². The highest BCUT2D eigenvalue weighted by atomic mass is 16.1.